The van der Waals surface area contributed by atoms with Gasteiger partial charge in [-0.25, -0.2) is 4.98 Å². The van der Waals surface area contributed by atoms with Gasteiger partial charge in [-0.15, -0.1) is 0 Å². The SMILES string of the molecule is Clc1ccc2[nH]c(CC3CCC(c4ccncc4)CC3)nc2c1. The molecule has 4 heteroatoms. The van der Waals surface area contributed by atoms with Gasteiger partial charge in [0.1, 0.15) is 5.82 Å². The molecule has 0 radical (unpaired) electrons. The average Bonchev–Trinajstić information content (AvgIpc) is 2.97. The lowest BCUT2D eigenvalue weighted by Crippen LogP contribution is -2.15. The largest absolute Gasteiger partial charge is 0.342 e. The van der Waals surface area contributed by atoms with Crippen LogP contribution in [0.25, 0.3) is 11.0 Å². The van der Waals surface area contributed by atoms with Crippen LogP contribution in [0.15, 0.2) is 42.7 Å². The Kier molecular flexibility index (Phi) is 4.04. The topological polar surface area (TPSA) is 41.6 Å². The predicted octanol–water partition coefficient (Wildman–Crippen LogP) is 5.13. The molecule has 2 aromatic heterocycles. The fourth-order valence-corrected chi connectivity index (χ4v) is 3.90. The van der Waals surface area contributed by atoms with E-state index in [9.17, 15) is 0 Å². The Labute approximate surface area is 141 Å². The molecule has 0 atom stereocenters. The molecule has 2 heterocycles. The van der Waals surface area contributed by atoms with Crippen LogP contribution in [0.2, 0.25) is 5.02 Å². The molecule has 0 amide bonds. The summed E-state index contributed by atoms with van der Waals surface area (Å²) >= 11 is 6.04. The summed E-state index contributed by atoms with van der Waals surface area (Å²) in [5.41, 5.74) is 3.49. The first kappa shape index (κ1) is 14.7. The molecule has 1 aliphatic rings. The van der Waals surface area contributed by atoms with E-state index in [1.807, 2.05) is 30.6 Å². The zero-order valence-electron chi connectivity index (χ0n) is 13.0. The summed E-state index contributed by atoms with van der Waals surface area (Å²) in [5.74, 6) is 2.52. The Balaban J connectivity index is 1.40. The Morgan fingerprint density at radius 1 is 1.04 bits per heavy atom. The lowest BCUT2D eigenvalue weighted by atomic mass is 9.78. The summed E-state index contributed by atoms with van der Waals surface area (Å²) in [7, 11) is 0. The number of aromatic amines is 1. The van der Waals surface area contributed by atoms with Crippen LogP contribution in [0.3, 0.4) is 0 Å². The quantitative estimate of drug-likeness (QED) is 0.725. The van der Waals surface area contributed by atoms with E-state index in [4.69, 9.17) is 16.6 Å². The lowest BCUT2D eigenvalue weighted by molar-refractivity contribution is 0.321. The van der Waals surface area contributed by atoms with Crippen molar-refractivity contribution in [2.45, 2.75) is 38.0 Å². The summed E-state index contributed by atoms with van der Waals surface area (Å²) in [6.07, 6.45) is 9.91. The lowest BCUT2D eigenvalue weighted by Gasteiger charge is -2.28. The van der Waals surface area contributed by atoms with Crippen molar-refractivity contribution in [3.8, 4) is 0 Å². The smallest absolute Gasteiger partial charge is 0.107 e. The van der Waals surface area contributed by atoms with Crippen molar-refractivity contribution in [1.82, 2.24) is 15.0 Å². The molecule has 0 unspecified atom stereocenters. The number of benzene rings is 1. The first-order valence-electron chi connectivity index (χ1n) is 8.32. The Bertz CT molecular complexity index is 789. The van der Waals surface area contributed by atoms with Gasteiger partial charge in [0.05, 0.1) is 11.0 Å². The molecule has 1 fully saturated rings. The van der Waals surface area contributed by atoms with Gasteiger partial charge in [-0.05, 0) is 73.4 Å². The Morgan fingerprint density at radius 2 is 1.83 bits per heavy atom. The van der Waals surface area contributed by atoms with Crippen LogP contribution in [0.4, 0.5) is 0 Å². The number of fused-ring (bicyclic) bond motifs is 1. The van der Waals surface area contributed by atoms with E-state index in [1.165, 1.54) is 31.2 Å². The highest BCUT2D eigenvalue weighted by molar-refractivity contribution is 6.31. The molecule has 1 N–H and O–H groups in total. The summed E-state index contributed by atoms with van der Waals surface area (Å²) in [5, 5.41) is 0.744. The molecule has 118 valence electrons. The molecular formula is C19H20ClN3. The third kappa shape index (κ3) is 3.25. The summed E-state index contributed by atoms with van der Waals surface area (Å²) in [6.45, 7) is 0. The molecule has 1 aromatic carbocycles. The number of imidazole rings is 1. The third-order valence-corrected chi connectivity index (χ3v) is 5.24. The number of aromatic nitrogens is 3. The minimum atomic E-state index is 0.698. The maximum Gasteiger partial charge on any atom is 0.107 e. The minimum absolute atomic E-state index is 0.698. The highest BCUT2D eigenvalue weighted by atomic mass is 35.5. The van der Waals surface area contributed by atoms with Crippen LogP contribution in [-0.2, 0) is 6.42 Å². The van der Waals surface area contributed by atoms with E-state index in [2.05, 4.69) is 22.1 Å². The van der Waals surface area contributed by atoms with Crippen LogP contribution in [-0.4, -0.2) is 15.0 Å². The van der Waals surface area contributed by atoms with Gasteiger partial charge < -0.3 is 4.98 Å². The van der Waals surface area contributed by atoms with Gasteiger partial charge in [0.2, 0.25) is 0 Å². The zero-order valence-corrected chi connectivity index (χ0v) is 13.8. The molecular weight excluding hydrogens is 306 g/mol. The van der Waals surface area contributed by atoms with E-state index in [0.717, 1.165) is 34.2 Å². The van der Waals surface area contributed by atoms with Crippen molar-refractivity contribution in [1.29, 1.82) is 0 Å². The van der Waals surface area contributed by atoms with Gasteiger partial charge in [0.15, 0.2) is 0 Å². The zero-order chi connectivity index (χ0) is 15.6. The van der Waals surface area contributed by atoms with Gasteiger partial charge in [-0.2, -0.15) is 0 Å². The summed E-state index contributed by atoms with van der Waals surface area (Å²) < 4.78 is 0. The second-order valence-electron chi connectivity index (χ2n) is 6.55. The van der Waals surface area contributed by atoms with Crippen molar-refractivity contribution in [3.05, 3.63) is 59.1 Å². The van der Waals surface area contributed by atoms with Crippen molar-refractivity contribution < 1.29 is 0 Å². The van der Waals surface area contributed by atoms with Gasteiger partial charge >= 0.3 is 0 Å². The highest BCUT2D eigenvalue weighted by Crippen LogP contribution is 2.36. The molecule has 0 bridgehead atoms. The number of pyridine rings is 1. The highest BCUT2D eigenvalue weighted by Gasteiger charge is 2.23. The second-order valence-corrected chi connectivity index (χ2v) is 6.98. The van der Waals surface area contributed by atoms with Gasteiger partial charge in [-0.3, -0.25) is 4.98 Å². The molecule has 0 spiro atoms. The molecule has 3 nitrogen and oxygen atoms in total. The van der Waals surface area contributed by atoms with Crippen molar-refractivity contribution in [3.63, 3.8) is 0 Å². The summed E-state index contributed by atoms with van der Waals surface area (Å²) in [4.78, 5) is 12.2. The molecule has 23 heavy (non-hydrogen) atoms. The van der Waals surface area contributed by atoms with Crippen LogP contribution >= 0.6 is 11.6 Å². The van der Waals surface area contributed by atoms with Crippen LogP contribution in [0.1, 0.15) is 43.0 Å². The molecule has 1 aliphatic carbocycles. The predicted molar refractivity (Wildman–Crippen MR) is 93.7 cm³/mol. The van der Waals surface area contributed by atoms with E-state index >= 15 is 0 Å². The number of rotatable bonds is 3. The van der Waals surface area contributed by atoms with Crippen LogP contribution in [0, 0.1) is 5.92 Å². The fraction of sp³-hybridized carbons (Fsp3) is 0.368. The normalized spacial score (nSPS) is 21.6. The van der Waals surface area contributed by atoms with E-state index < -0.39 is 0 Å². The van der Waals surface area contributed by atoms with Crippen molar-refractivity contribution >= 4 is 22.6 Å². The molecule has 4 rings (SSSR count). The molecule has 1 saturated carbocycles. The van der Waals surface area contributed by atoms with Gasteiger partial charge in [-0.1, -0.05) is 11.6 Å². The standard InChI is InChI=1S/C19H20ClN3/c20-16-5-6-17-18(12-16)23-19(22-17)11-13-1-3-14(4-2-13)15-7-9-21-10-8-15/h5-10,12-14H,1-4,11H2,(H,22,23). The minimum Gasteiger partial charge on any atom is -0.342 e. The first-order chi connectivity index (χ1) is 11.3. The van der Waals surface area contributed by atoms with Gasteiger partial charge in [0, 0.05) is 23.8 Å². The van der Waals surface area contributed by atoms with Crippen molar-refractivity contribution in [2.75, 3.05) is 0 Å². The second kappa shape index (κ2) is 6.32. The van der Waals surface area contributed by atoms with Crippen molar-refractivity contribution in [2.24, 2.45) is 5.92 Å². The number of hydrogen-bond donors (Lipinski definition) is 1. The number of nitrogens with one attached hydrogen (secondary N) is 1. The third-order valence-electron chi connectivity index (χ3n) is 5.00. The Hall–Kier alpha value is -1.87. The number of hydrogen-bond acceptors (Lipinski definition) is 2. The number of nitrogens with zero attached hydrogens (tertiary/aromatic N) is 2. The number of H-pyrrole nitrogens is 1. The first-order valence-corrected chi connectivity index (χ1v) is 8.70. The molecule has 3 aromatic rings. The monoisotopic (exact) mass is 325 g/mol. The van der Waals surface area contributed by atoms with Crippen LogP contribution < -0.4 is 0 Å². The van der Waals surface area contributed by atoms with E-state index in [1.54, 1.807) is 0 Å². The Morgan fingerprint density at radius 3 is 2.61 bits per heavy atom. The molecule has 0 aliphatic heterocycles. The average molecular weight is 326 g/mol. The summed E-state index contributed by atoms with van der Waals surface area (Å²) in [6, 6.07) is 10.2. The number of halogens is 1. The molecule has 0 saturated heterocycles. The van der Waals surface area contributed by atoms with Crippen LogP contribution in [0.5, 0.6) is 0 Å². The van der Waals surface area contributed by atoms with E-state index in [-0.39, 0.29) is 0 Å². The maximum absolute atomic E-state index is 6.04. The fourth-order valence-electron chi connectivity index (χ4n) is 3.74. The van der Waals surface area contributed by atoms with Gasteiger partial charge in [0.25, 0.3) is 0 Å². The van der Waals surface area contributed by atoms with E-state index in [0.29, 0.717) is 5.92 Å². The maximum atomic E-state index is 6.04.